The van der Waals surface area contributed by atoms with Gasteiger partial charge < -0.3 is 5.11 Å². The number of aliphatic hydroxyl groups is 1. The average molecular weight is 278 g/mol. The van der Waals surface area contributed by atoms with Crippen LogP contribution in [0.1, 0.15) is 25.8 Å². The van der Waals surface area contributed by atoms with Crippen molar-refractivity contribution in [3.05, 3.63) is 35.9 Å². The third-order valence-corrected chi connectivity index (χ3v) is 3.81. The maximum Gasteiger partial charge on any atom is 0.133 e. The molecule has 19 heavy (non-hydrogen) atoms. The minimum Gasteiger partial charge on any atom is -0.396 e. The summed E-state index contributed by atoms with van der Waals surface area (Å²) in [7, 11) is 0. The van der Waals surface area contributed by atoms with Gasteiger partial charge in [0.15, 0.2) is 0 Å². The molecule has 4 heteroatoms. The van der Waals surface area contributed by atoms with E-state index in [4.69, 9.17) is 5.11 Å². The summed E-state index contributed by atoms with van der Waals surface area (Å²) < 4.78 is 0. The normalized spacial score (nSPS) is 14.1. The minimum atomic E-state index is -0.641. The van der Waals surface area contributed by atoms with Crippen LogP contribution >= 0.6 is 11.8 Å². The molecule has 0 fully saturated rings. The Hall–Kier alpha value is -1.02. The van der Waals surface area contributed by atoms with E-state index in [1.54, 1.807) is 11.8 Å². The molecule has 1 aromatic carbocycles. The molecule has 0 spiro atoms. The van der Waals surface area contributed by atoms with Crippen LogP contribution in [0.2, 0.25) is 0 Å². The lowest BCUT2D eigenvalue weighted by Gasteiger charge is -2.30. The molecule has 0 saturated heterocycles. The van der Waals surface area contributed by atoms with Crippen LogP contribution in [0.5, 0.6) is 0 Å². The van der Waals surface area contributed by atoms with Gasteiger partial charge in [0.05, 0.1) is 12.7 Å². The molecule has 0 aliphatic heterocycles. The van der Waals surface area contributed by atoms with Gasteiger partial charge in [-0.25, -0.2) is 0 Å². The van der Waals surface area contributed by atoms with Gasteiger partial charge in [0.2, 0.25) is 0 Å². The van der Waals surface area contributed by atoms with Gasteiger partial charge >= 0.3 is 0 Å². The van der Waals surface area contributed by atoms with E-state index in [1.165, 1.54) is 0 Å². The highest BCUT2D eigenvalue weighted by atomic mass is 32.2. The quantitative estimate of drug-likeness (QED) is 0.717. The molecule has 1 atom stereocenters. The maximum atomic E-state index is 9.66. The fraction of sp³-hybridized carbons (Fsp3) is 0.533. The highest BCUT2D eigenvalue weighted by Gasteiger charge is 2.32. The second kappa shape index (κ2) is 8.21. The van der Waals surface area contributed by atoms with Crippen molar-refractivity contribution in [3.63, 3.8) is 0 Å². The number of benzene rings is 1. The SMILES string of the molecule is CC(C)NC(C#N)(CCSCCO)c1ccccc1. The van der Waals surface area contributed by atoms with Gasteiger partial charge in [-0.3, -0.25) is 5.32 Å². The molecular weight excluding hydrogens is 256 g/mol. The van der Waals surface area contributed by atoms with Crippen molar-refractivity contribution in [2.24, 2.45) is 0 Å². The Morgan fingerprint density at radius 3 is 2.53 bits per heavy atom. The molecule has 104 valence electrons. The topological polar surface area (TPSA) is 56.0 Å². The largest absolute Gasteiger partial charge is 0.396 e. The van der Waals surface area contributed by atoms with Crippen LogP contribution in [0.3, 0.4) is 0 Å². The van der Waals surface area contributed by atoms with E-state index in [2.05, 4.69) is 25.2 Å². The van der Waals surface area contributed by atoms with Crippen molar-refractivity contribution in [2.45, 2.75) is 31.8 Å². The second-order valence-corrected chi connectivity index (χ2v) is 5.99. The first-order chi connectivity index (χ1) is 9.14. The van der Waals surface area contributed by atoms with Crippen molar-refractivity contribution in [1.82, 2.24) is 5.32 Å². The van der Waals surface area contributed by atoms with Crippen LogP contribution in [0.4, 0.5) is 0 Å². The van der Waals surface area contributed by atoms with Gasteiger partial charge in [0.25, 0.3) is 0 Å². The van der Waals surface area contributed by atoms with Gasteiger partial charge in [-0.1, -0.05) is 30.3 Å². The molecule has 0 aliphatic rings. The summed E-state index contributed by atoms with van der Waals surface area (Å²) in [5.74, 6) is 1.57. The minimum absolute atomic E-state index is 0.188. The molecule has 0 aromatic heterocycles. The first kappa shape index (κ1) is 16.0. The van der Waals surface area contributed by atoms with E-state index in [9.17, 15) is 5.26 Å². The molecule has 1 rings (SSSR count). The fourth-order valence-electron chi connectivity index (χ4n) is 2.06. The standard InChI is InChI=1S/C15H22N2OS/c1-13(2)17-15(12-16,8-10-19-11-9-18)14-6-4-3-5-7-14/h3-7,13,17-18H,8-11H2,1-2H3. The van der Waals surface area contributed by atoms with Crippen molar-refractivity contribution in [3.8, 4) is 6.07 Å². The average Bonchev–Trinajstić information content (AvgIpc) is 2.43. The number of nitrogens with zero attached hydrogens (tertiary/aromatic N) is 1. The monoisotopic (exact) mass is 278 g/mol. The summed E-state index contributed by atoms with van der Waals surface area (Å²) in [5, 5.41) is 21.9. The van der Waals surface area contributed by atoms with E-state index in [0.29, 0.717) is 0 Å². The zero-order chi connectivity index (χ0) is 14.1. The molecular formula is C15H22N2OS. The predicted molar refractivity (Wildman–Crippen MR) is 81.0 cm³/mol. The Kier molecular flexibility index (Phi) is 6.93. The molecule has 0 heterocycles. The van der Waals surface area contributed by atoms with Crippen LogP contribution in [-0.4, -0.2) is 29.3 Å². The van der Waals surface area contributed by atoms with Crippen LogP contribution in [-0.2, 0) is 5.54 Å². The molecule has 2 N–H and O–H groups in total. The molecule has 1 unspecified atom stereocenters. The summed E-state index contributed by atoms with van der Waals surface area (Å²) in [6, 6.07) is 12.6. The molecule has 0 radical (unpaired) electrons. The number of rotatable bonds is 8. The zero-order valence-electron chi connectivity index (χ0n) is 11.6. The summed E-state index contributed by atoms with van der Waals surface area (Å²) >= 11 is 1.68. The van der Waals surface area contributed by atoms with Gasteiger partial charge in [0, 0.05) is 11.8 Å². The van der Waals surface area contributed by atoms with E-state index >= 15 is 0 Å². The predicted octanol–water partition coefficient (Wildman–Crippen LogP) is 2.52. The maximum absolute atomic E-state index is 9.66. The van der Waals surface area contributed by atoms with Crippen molar-refractivity contribution in [1.29, 1.82) is 5.26 Å². The summed E-state index contributed by atoms with van der Waals surface area (Å²) in [6.45, 7) is 4.29. The number of nitrogens with one attached hydrogen (secondary N) is 1. The fourth-order valence-corrected chi connectivity index (χ4v) is 2.84. The lowest BCUT2D eigenvalue weighted by atomic mass is 9.88. The summed E-state index contributed by atoms with van der Waals surface area (Å²) in [6.07, 6.45) is 0.733. The summed E-state index contributed by atoms with van der Waals surface area (Å²) in [4.78, 5) is 0. The highest BCUT2D eigenvalue weighted by Crippen LogP contribution is 2.27. The van der Waals surface area contributed by atoms with Crippen molar-refractivity contribution < 1.29 is 5.11 Å². The Morgan fingerprint density at radius 2 is 2.00 bits per heavy atom. The number of hydrogen-bond acceptors (Lipinski definition) is 4. The molecule has 0 bridgehead atoms. The summed E-state index contributed by atoms with van der Waals surface area (Å²) in [5.41, 5.74) is 0.369. The Balaban J connectivity index is 2.86. The van der Waals surface area contributed by atoms with Crippen LogP contribution in [0.25, 0.3) is 0 Å². The first-order valence-corrected chi connectivity index (χ1v) is 7.73. The van der Waals surface area contributed by atoms with Crippen LogP contribution in [0, 0.1) is 11.3 Å². The van der Waals surface area contributed by atoms with E-state index in [1.807, 2.05) is 30.3 Å². The molecule has 3 nitrogen and oxygen atoms in total. The smallest absolute Gasteiger partial charge is 0.133 e. The zero-order valence-corrected chi connectivity index (χ0v) is 12.4. The first-order valence-electron chi connectivity index (χ1n) is 6.57. The van der Waals surface area contributed by atoms with Crippen molar-refractivity contribution >= 4 is 11.8 Å². The van der Waals surface area contributed by atoms with E-state index in [0.717, 1.165) is 23.5 Å². The number of hydrogen-bond donors (Lipinski definition) is 2. The van der Waals surface area contributed by atoms with Crippen molar-refractivity contribution in [2.75, 3.05) is 18.1 Å². The third-order valence-electron chi connectivity index (χ3n) is 2.85. The lowest BCUT2D eigenvalue weighted by molar-refractivity contribution is 0.322. The van der Waals surface area contributed by atoms with Gasteiger partial charge in [-0.2, -0.15) is 17.0 Å². The number of aliphatic hydroxyl groups excluding tert-OH is 1. The van der Waals surface area contributed by atoms with Gasteiger partial charge in [-0.15, -0.1) is 0 Å². The Bertz CT molecular complexity index is 402. The molecule has 0 saturated carbocycles. The third kappa shape index (κ3) is 4.87. The van der Waals surface area contributed by atoms with E-state index < -0.39 is 5.54 Å². The van der Waals surface area contributed by atoms with E-state index in [-0.39, 0.29) is 12.6 Å². The Labute approximate surface area is 120 Å². The molecule has 0 amide bonds. The second-order valence-electron chi connectivity index (χ2n) is 4.77. The Morgan fingerprint density at radius 1 is 1.32 bits per heavy atom. The van der Waals surface area contributed by atoms with Gasteiger partial charge in [-0.05, 0) is 31.6 Å². The number of thioether (sulfide) groups is 1. The highest BCUT2D eigenvalue weighted by molar-refractivity contribution is 7.99. The van der Waals surface area contributed by atoms with Crippen LogP contribution in [0.15, 0.2) is 30.3 Å². The molecule has 1 aromatic rings. The lowest BCUT2D eigenvalue weighted by Crippen LogP contribution is -2.45. The van der Waals surface area contributed by atoms with Gasteiger partial charge in [0.1, 0.15) is 5.54 Å². The van der Waals surface area contributed by atoms with Crippen LogP contribution < -0.4 is 5.32 Å². The molecule has 0 aliphatic carbocycles. The number of nitriles is 1.